The number of nitrogens with one attached hydrogen (secondary N) is 1. The highest BCUT2D eigenvalue weighted by molar-refractivity contribution is 6.02. The van der Waals surface area contributed by atoms with Crippen molar-refractivity contribution in [2.24, 2.45) is 28.6 Å². The first-order valence-corrected chi connectivity index (χ1v) is 15.0. The van der Waals surface area contributed by atoms with E-state index in [1.54, 1.807) is 18.2 Å². The molecule has 2 N–H and O–H groups in total. The van der Waals surface area contributed by atoms with Gasteiger partial charge in [-0.3, -0.25) is 19.4 Å². The standard InChI is InChI=1S/C34H38N2O6/c1-31(2)41-28-15-24-23-10-9-21-14-22(37)11-12-32(21,3)29(23)26(38)16-33(24,4)34(28,42-31)27(39)18-36-30(40)20-13-19-7-5-6-8-25(19)35-17-20/h5-8,11-14,17,23-24,26,28-29,38H,9-10,15-16,18H2,1-4H3,(H,36,40)/t23?,24?,26?,28-,29?,32?,33?,34-/m1/s1. The van der Waals surface area contributed by atoms with Crippen LogP contribution in [-0.4, -0.2) is 57.7 Å². The summed E-state index contributed by atoms with van der Waals surface area (Å²) in [4.78, 5) is 44.1. The van der Waals surface area contributed by atoms with Gasteiger partial charge in [-0.15, -0.1) is 0 Å². The van der Waals surface area contributed by atoms with E-state index in [0.717, 1.165) is 29.3 Å². The number of rotatable bonds is 4. The van der Waals surface area contributed by atoms with Gasteiger partial charge in [-0.2, -0.15) is 0 Å². The van der Waals surface area contributed by atoms with Crippen LogP contribution < -0.4 is 5.32 Å². The highest BCUT2D eigenvalue weighted by Gasteiger charge is 2.76. The van der Waals surface area contributed by atoms with Gasteiger partial charge in [-0.1, -0.05) is 43.7 Å². The molecule has 8 nitrogen and oxygen atoms in total. The molecule has 1 aromatic heterocycles. The van der Waals surface area contributed by atoms with E-state index in [1.165, 1.54) is 6.20 Å². The van der Waals surface area contributed by atoms with Crippen LogP contribution >= 0.6 is 0 Å². The highest BCUT2D eigenvalue weighted by Crippen LogP contribution is 2.70. The molecule has 42 heavy (non-hydrogen) atoms. The second-order valence-electron chi connectivity index (χ2n) is 13.8. The van der Waals surface area contributed by atoms with Crippen molar-refractivity contribution in [1.29, 1.82) is 0 Å². The van der Waals surface area contributed by atoms with Gasteiger partial charge < -0.3 is 19.9 Å². The van der Waals surface area contributed by atoms with E-state index in [4.69, 9.17) is 9.47 Å². The third-order valence-electron chi connectivity index (χ3n) is 11.2. The number of allylic oxidation sites excluding steroid dienone is 4. The minimum Gasteiger partial charge on any atom is -0.393 e. The largest absolute Gasteiger partial charge is 0.393 e. The summed E-state index contributed by atoms with van der Waals surface area (Å²) < 4.78 is 13.1. The van der Waals surface area contributed by atoms with Crippen LogP contribution in [0.15, 0.2) is 60.3 Å². The van der Waals surface area contributed by atoms with Crippen molar-refractivity contribution in [2.75, 3.05) is 6.54 Å². The zero-order chi connectivity index (χ0) is 29.7. The molecule has 1 aliphatic heterocycles. The predicted molar refractivity (Wildman–Crippen MR) is 155 cm³/mol. The molecule has 0 spiro atoms. The quantitative estimate of drug-likeness (QED) is 0.563. The first kappa shape index (κ1) is 27.6. The Labute approximate surface area is 245 Å². The summed E-state index contributed by atoms with van der Waals surface area (Å²) in [7, 11) is 0. The molecule has 2 heterocycles. The second-order valence-corrected chi connectivity index (χ2v) is 13.8. The molecule has 5 aliphatic rings. The number of benzene rings is 1. The number of carbonyl (C=O) groups is 3. The molecule has 2 aromatic rings. The van der Waals surface area contributed by atoms with Crippen LogP contribution in [-0.2, 0) is 19.1 Å². The van der Waals surface area contributed by atoms with E-state index in [0.29, 0.717) is 18.4 Å². The van der Waals surface area contributed by atoms with Crippen LogP contribution in [0.25, 0.3) is 10.9 Å². The van der Waals surface area contributed by atoms with Gasteiger partial charge in [-0.25, -0.2) is 0 Å². The molecule has 0 radical (unpaired) electrons. The van der Waals surface area contributed by atoms with Gasteiger partial charge in [0.25, 0.3) is 5.91 Å². The number of nitrogens with zero attached hydrogens (tertiary/aromatic N) is 1. The van der Waals surface area contributed by atoms with Crippen molar-refractivity contribution >= 4 is 28.4 Å². The molecular formula is C34H38N2O6. The maximum Gasteiger partial charge on any atom is 0.253 e. The summed E-state index contributed by atoms with van der Waals surface area (Å²) in [5.41, 5.74) is -0.164. The lowest BCUT2D eigenvalue weighted by atomic mass is 9.46. The summed E-state index contributed by atoms with van der Waals surface area (Å²) >= 11 is 0. The number of hydrogen-bond donors (Lipinski definition) is 2. The lowest BCUT2D eigenvalue weighted by Crippen LogP contribution is -2.64. The number of aliphatic hydroxyl groups is 1. The number of Topliss-reactive ketones (excluding diaryl/α,β-unsaturated/α-hetero) is 1. The molecule has 1 amide bonds. The fourth-order valence-corrected chi connectivity index (χ4v) is 9.51. The molecule has 8 heteroatoms. The summed E-state index contributed by atoms with van der Waals surface area (Å²) in [5.74, 6) is -1.47. The van der Waals surface area contributed by atoms with Crippen molar-refractivity contribution in [2.45, 2.75) is 77.0 Å². The van der Waals surface area contributed by atoms with Crippen LogP contribution in [0.4, 0.5) is 0 Å². The van der Waals surface area contributed by atoms with Gasteiger partial charge in [0.15, 0.2) is 23.0 Å². The van der Waals surface area contributed by atoms with E-state index in [9.17, 15) is 19.5 Å². The second kappa shape index (κ2) is 9.15. The van der Waals surface area contributed by atoms with Crippen LogP contribution in [0.5, 0.6) is 0 Å². The monoisotopic (exact) mass is 570 g/mol. The maximum absolute atomic E-state index is 14.4. The SMILES string of the molecule is CC1(C)O[C@@H]2CC3C4CCC5=CC(=O)C=CC5(C)C4C(O)CC3(C)[C@]2(C(=O)CNC(=O)c2cnc3ccccc3c2)O1. The molecule has 1 aromatic carbocycles. The Kier molecular flexibility index (Phi) is 6.02. The predicted octanol–water partition coefficient (Wildman–Crippen LogP) is 4.31. The van der Waals surface area contributed by atoms with Crippen molar-refractivity contribution in [1.82, 2.24) is 10.3 Å². The topological polar surface area (TPSA) is 115 Å². The summed E-state index contributed by atoms with van der Waals surface area (Å²) in [6.07, 6.45) is 8.30. The molecule has 1 saturated heterocycles. The van der Waals surface area contributed by atoms with Gasteiger partial charge in [0, 0.05) is 28.3 Å². The zero-order valence-corrected chi connectivity index (χ0v) is 24.6. The Balaban J connectivity index is 1.19. The maximum atomic E-state index is 14.4. The number of pyridine rings is 1. The minimum atomic E-state index is -1.31. The van der Waals surface area contributed by atoms with Crippen molar-refractivity contribution < 1.29 is 29.0 Å². The smallest absolute Gasteiger partial charge is 0.253 e. The third kappa shape index (κ3) is 3.77. The van der Waals surface area contributed by atoms with Crippen molar-refractivity contribution in [3.63, 3.8) is 0 Å². The average molecular weight is 571 g/mol. The average Bonchev–Trinajstić information content (AvgIpc) is 3.36. The van der Waals surface area contributed by atoms with Crippen LogP contribution in [0.2, 0.25) is 0 Å². The number of ether oxygens (including phenoxy) is 2. The van der Waals surface area contributed by atoms with Crippen LogP contribution in [0, 0.1) is 28.6 Å². The Bertz CT molecular complexity index is 1580. The number of para-hydroxylation sites is 1. The number of amides is 1. The molecule has 3 saturated carbocycles. The van der Waals surface area contributed by atoms with Gasteiger partial charge in [0.2, 0.25) is 0 Å². The van der Waals surface area contributed by atoms with E-state index in [-0.39, 0.29) is 41.8 Å². The number of ketones is 2. The number of carbonyl (C=O) groups excluding carboxylic acids is 3. The first-order chi connectivity index (χ1) is 19.9. The van der Waals surface area contributed by atoms with E-state index >= 15 is 0 Å². The van der Waals surface area contributed by atoms with Crippen LogP contribution in [0.1, 0.15) is 63.7 Å². The van der Waals surface area contributed by atoms with E-state index in [1.807, 2.05) is 44.2 Å². The fourth-order valence-electron chi connectivity index (χ4n) is 9.51. The van der Waals surface area contributed by atoms with Crippen LogP contribution in [0.3, 0.4) is 0 Å². The fraction of sp³-hybridized carbons (Fsp3) is 0.529. The Morgan fingerprint density at radius 2 is 1.95 bits per heavy atom. The molecule has 0 bridgehead atoms. The first-order valence-electron chi connectivity index (χ1n) is 15.0. The molecular weight excluding hydrogens is 532 g/mol. The number of hydrogen-bond acceptors (Lipinski definition) is 7. The summed E-state index contributed by atoms with van der Waals surface area (Å²) in [6.45, 7) is 7.63. The molecule has 4 aliphatic carbocycles. The van der Waals surface area contributed by atoms with Crippen molar-refractivity contribution in [3.8, 4) is 0 Å². The summed E-state index contributed by atoms with van der Waals surface area (Å²) in [6, 6.07) is 9.33. The lowest BCUT2D eigenvalue weighted by molar-refractivity contribution is -0.224. The summed E-state index contributed by atoms with van der Waals surface area (Å²) in [5, 5.41) is 15.5. The number of aliphatic hydroxyl groups excluding tert-OH is 1. The van der Waals surface area contributed by atoms with Crippen molar-refractivity contribution in [3.05, 3.63) is 65.9 Å². The Morgan fingerprint density at radius 3 is 2.76 bits per heavy atom. The number of aromatic nitrogens is 1. The molecule has 8 atom stereocenters. The number of fused-ring (bicyclic) bond motifs is 8. The highest BCUT2D eigenvalue weighted by atomic mass is 16.8. The normalized spacial score (nSPS) is 39.6. The van der Waals surface area contributed by atoms with Gasteiger partial charge in [-0.05, 0) is 75.7 Å². The van der Waals surface area contributed by atoms with E-state index < -0.39 is 34.4 Å². The minimum absolute atomic E-state index is 0.00144. The third-order valence-corrected chi connectivity index (χ3v) is 11.2. The van der Waals surface area contributed by atoms with E-state index in [2.05, 4.69) is 24.1 Å². The molecule has 6 unspecified atom stereocenters. The van der Waals surface area contributed by atoms with Gasteiger partial charge >= 0.3 is 0 Å². The van der Waals surface area contributed by atoms with Gasteiger partial charge in [0.1, 0.15) is 0 Å². The lowest BCUT2D eigenvalue weighted by Gasteiger charge is -2.60. The zero-order valence-electron chi connectivity index (χ0n) is 24.6. The molecule has 7 rings (SSSR count). The van der Waals surface area contributed by atoms with Gasteiger partial charge in [0.05, 0.1) is 29.8 Å². The molecule has 4 fully saturated rings. The Morgan fingerprint density at radius 1 is 1.17 bits per heavy atom. The molecule has 220 valence electrons. The Hall–Kier alpha value is -3.20.